The van der Waals surface area contributed by atoms with E-state index in [1.54, 1.807) is 12.1 Å². The fraction of sp³-hybridized carbons (Fsp3) is 0.481. The van der Waals surface area contributed by atoms with Crippen LogP contribution in [0.25, 0.3) is 0 Å². The quantitative estimate of drug-likeness (QED) is 0.584. The van der Waals surface area contributed by atoms with Gasteiger partial charge in [-0.3, -0.25) is 9.59 Å². The molecule has 8 heteroatoms. The van der Waals surface area contributed by atoms with Crippen LogP contribution in [0.4, 0.5) is 0 Å². The lowest BCUT2D eigenvalue weighted by molar-refractivity contribution is -0.153. The second-order valence-electron chi connectivity index (χ2n) is 9.72. The topological polar surface area (TPSA) is 92.8 Å². The lowest BCUT2D eigenvalue weighted by Crippen LogP contribution is -2.41. The van der Waals surface area contributed by atoms with Crippen LogP contribution in [-0.4, -0.2) is 44.3 Å². The smallest absolute Gasteiger partial charge is 0.309 e. The van der Waals surface area contributed by atoms with E-state index in [1.165, 1.54) is 9.87 Å². The second kappa shape index (κ2) is 10.9. The number of piperidine rings is 1. The normalized spacial score (nSPS) is 19.2. The predicted molar refractivity (Wildman–Crippen MR) is 133 cm³/mol. The van der Waals surface area contributed by atoms with Gasteiger partial charge in [-0.15, -0.1) is 0 Å². The number of fused-ring (bicyclic) bond motifs is 1. The summed E-state index contributed by atoms with van der Waals surface area (Å²) in [5.74, 6) is -0.838. The molecule has 1 amide bonds. The fourth-order valence-corrected chi connectivity index (χ4v) is 6.37. The van der Waals surface area contributed by atoms with E-state index >= 15 is 0 Å². The lowest BCUT2D eigenvalue weighted by Gasteiger charge is -2.30. The van der Waals surface area contributed by atoms with E-state index in [4.69, 9.17) is 4.74 Å². The molecule has 0 saturated carbocycles. The van der Waals surface area contributed by atoms with E-state index in [-0.39, 0.29) is 36.5 Å². The number of nitrogens with zero attached hydrogens (tertiary/aromatic N) is 1. The van der Waals surface area contributed by atoms with Gasteiger partial charge in [0.05, 0.1) is 16.9 Å². The van der Waals surface area contributed by atoms with E-state index in [0.717, 1.165) is 30.4 Å². The van der Waals surface area contributed by atoms with E-state index in [2.05, 4.69) is 25.2 Å². The number of carbonyl (C=O) groups is 2. The Morgan fingerprint density at radius 2 is 1.71 bits per heavy atom. The zero-order valence-electron chi connectivity index (χ0n) is 20.4. The van der Waals surface area contributed by atoms with Crippen molar-refractivity contribution in [2.24, 2.45) is 5.92 Å². The van der Waals surface area contributed by atoms with Crippen molar-refractivity contribution in [1.82, 2.24) is 9.62 Å². The minimum atomic E-state index is -3.60. The summed E-state index contributed by atoms with van der Waals surface area (Å²) in [5.41, 5.74) is 3.46. The van der Waals surface area contributed by atoms with Crippen molar-refractivity contribution in [1.29, 1.82) is 0 Å². The molecule has 1 fully saturated rings. The van der Waals surface area contributed by atoms with Crippen LogP contribution in [0.3, 0.4) is 0 Å². The van der Waals surface area contributed by atoms with E-state index < -0.39 is 21.9 Å². The highest BCUT2D eigenvalue weighted by Crippen LogP contribution is 2.29. The van der Waals surface area contributed by atoms with Gasteiger partial charge in [0.25, 0.3) is 5.91 Å². The first kappa shape index (κ1) is 25.4. The summed E-state index contributed by atoms with van der Waals surface area (Å²) in [6.45, 7) is 4.30. The summed E-state index contributed by atoms with van der Waals surface area (Å²) in [6, 6.07) is 15.0. The van der Waals surface area contributed by atoms with Crippen LogP contribution in [0.15, 0.2) is 53.4 Å². The van der Waals surface area contributed by atoms with Gasteiger partial charge in [-0.1, -0.05) is 50.2 Å². The third-order valence-corrected chi connectivity index (χ3v) is 8.93. The van der Waals surface area contributed by atoms with Gasteiger partial charge < -0.3 is 10.1 Å². The Bertz CT molecular complexity index is 1150. The van der Waals surface area contributed by atoms with Gasteiger partial charge in [0.15, 0.2) is 6.61 Å². The molecule has 2 aliphatic rings. The summed E-state index contributed by atoms with van der Waals surface area (Å²) in [6.07, 6.45) is 3.63. The summed E-state index contributed by atoms with van der Waals surface area (Å²) in [4.78, 5) is 25.3. The van der Waals surface area contributed by atoms with Crippen LogP contribution >= 0.6 is 0 Å². The fourth-order valence-electron chi connectivity index (χ4n) is 4.90. The highest BCUT2D eigenvalue weighted by Gasteiger charge is 2.33. The van der Waals surface area contributed by atoms with Crippen molar-refractivity contribution in [3.8, 4) is 0 Å². The number of hydrogen-bond donors (Lipinski definition) is 1. The number of esters is 1. The second-order valence-corrected chi connectivity index (χ2v) is 11.7. The number of hydrogen-bond acceptors (Lipinski definition) is 5. The maximum Gasteiger partial charge on any atom is 0.309 e. The van der Waals surface area contributed by atoms with Crippen molar-refractivity contribution in [2.75, 3.05) is 19.7 Å². The van der Waals surface area contributed by atoms with Crippen molar-refractivity contribution in [3.63, 3.8) is 0 Å². The zero-order valence-corrected chi connectivity index (χ0v) is 21.2. The number of sulfonamides is 1. The molecule has 1 saturated heterocycles. The number of aryl methyl sites for hydroxylation is 1. The van der Waals surface area contributed by atoms with Crippen molar-refractivity contribution in [3.05, 3.63) is 65.2 Å². The lowest BCUT2D eigenvalue weighted by atomic mass is 9.88. The number of rotatable bonds is 7. The summed E-state index contributed by atoms with van der Waals surface area (Å²) >= 11 is 0. The molecule has 35 heavy (non-hydrogen) atoms. The molecule has 1 unspecified atom stereocenters. The van der Waals surface area contributed by atoms with Crippen molar-refractivity contribution in [2.45, 2.75) is 62.8 Å². The molecule has 0 radical (unpaired) electrons. The molecule has 1 aliphatic carbocycles. The van der Waals surface area contributed by atoms with Gasteiger partial charge in [0, 0.05) is 13.1 Å². The number of benzene rings is 2. The monoisotopic (exact) mass is 498 g/mol. The largest absolute Gasteiger partial charge is 0.455 e. The van der Waals surface area contributed by atoms with Gasteiger partial charge in [-0.05, 0) is 66.8 Å². The van der Waals surface area contributed by atoms with Crippen LogP contribution in [0.5, 0.6) is 0 Å². The molecule has 0 bridgehead atoms. The number of carbonyl (C=O) groups excluding carboxylic acids is 2. The molecule has 4 rings (SSSR count). The minimum absolute atomic E-state index is 0.0609. The molecule has 2 aromatic rings. The molecule has 1 N–H and O–H groups in total. The average molecular weight is 499 g/mol. The molecule has 1 heterocycles. The van der Waals surface area contributed by atoms with Crippen LogP contribution < -0.4 is 5.32 Å². The molecule has 188 valence electrons. The first-order valence-corrected chi connectivity index (χ1v) is 13.8. The van der Waals surface area contributed by atoms with E-state index in [1.807, 2.05) is 30.3 Å². The average Bonchev–Trinajstić information content (AvgIpc) is 2.87. The Hall–Kier alpha value is -2.71. The highest BCUT2D eigenvalue weighted by molar-refractivity contribution is 7.89. The number of amides is 1. The highest BCUT2D eigenvalue weighted by atomic mass is 32.2. The Balaban J connectivity index is 1.25. The Labute approximate surface area is 207 Å². The summed E-state index contributed by atoms with van der Waals surface area (Å²) in [5, 5.41) is 2.99. The first-order valence-electron chi connectivity index (χ1n) is 12.4. The van der Waals surface area contributed by atoms with Gasteiger partial charge in [0.1, 0.15) is 0 Å². The molecule has 0 aromatic heterocycles. The van der Waals surface area contributed by atoms with E-state index in [0.29, 0.717) is 18.8 Å². The Morgan fingerprint density at radius 1 is 1.03 bits per heavy atom. The van der Waals surface area contributed by atoms with Gasteiger partial charge in [-0.2, -0.15) is 4.31 Å². The molecular weight excluding hydrogens is 464 g/mol. The molecule has 2 aromatic carbocycles. The summed E-state index contributed by atoms with van der Waals surface area (Å²) in [7, 11) is -3.60. The van der Waals surface area contributed by atoms with Gasteiger partial charge in [0.2, 0.25) is 10.0 Å². The standard InChI is InChI=1S/C27H34N2O5S/c1-19(2)20-10-12-23(13-11-20)35(32,33)29-16-14-22(15-17-29)27(31)34-18-26(30)28-25-9-5-7-21-6-3-4-8-24(21)25/h3-4,6,8,10-13,19,22,25H,5,7,9,14-18H2,1-2H3,(H,28,30). The van der Waals surface area contributed by atoms with Crippen LogP contribution in [0, 0.1) is 5.92 Å². The van der Waals surface area contributed by atoms with Crippen molar-refractivity contribution < 1.29 is 22.7 Å². The molecule has 1 atom stereocenters. The molecule has 0 spiro atoms. The number of nitrogens with one attached hydrogen (secondary N) is 1. The molecule has 7 nitrogen and oxygen atoms in total. The molecular formula is C27H34N2O5S. The van der Waals surface area contributed by atoms with E-state index in [9.17, 15) is 18.0 Å². The Kier molecular flexibility index (Phi) is 7.91. The minimum Gasteiger partial charge on any atom is -0.455 e. The third-order valence-electron chi connectivity index (χ3n) is 7.02. The first-order chi connectivity index (χ1) is 16.8. The van der Waals surface area contributed by atoms with Gasteiger partial charge in [-0.25, -0.2) is 8.42 Å². The van der Waals surface area contributed by atoms with Crippen LogP contribution in [-0.2, 0) is 30.8 Å². The van der Waals surface area contributed by atoms with Crippen LogP contribution in [0.1, 0.15) is 68.2 Å². The Morgan fingerprint density at radius 3 is 2.40 bits per heavy atom. The van der Waals surface area contributed by atoms with Crippen LogP contribution in [0.2, 0.25) is 0 Å². The summed E-state index contributed by atoms with van der Waals surface area (Å²) < 4.78 is 32.7. The SMILES string of the molecule is CC(C)c1ccc(S(=O)(=O)N2CCC(C(=O)OCC(=O)NC3CCCc4ccccc43)CC2)cc1. The zero-order chi connectivity index (χ0) is 25.0. The van der Waals surface area contributed by atoms with Crippen molar-refractivity contribution >= 4 is 21.9 Å². The third kappa shape index (κ3) is 5.93. The number of ether oxygens (including phenoxy) is 1. The maximum atomic E-state index is 13.0. The molecule has 1 aliphatic heterocycles. The predicted octanol–water partition coefficient (Wildman–Crippen LogP) is 3.95. The maximum absolute atomic E-state index is 13.0. The van der Waals surface area contributed by atoms with Gasteiger partial charge >= 0.3 is 5.97 Å².